The van der Waals surface area contributed by atoms with Crippen molar-refractivity contribution in [3.63, 3.8) is 0 Å². The highest BCUT2D eigenvalue weighted by atomic mass is 32.2. The lowest BCUT2D eigenvalue weighted by Crippen LogP contribution is -2.17. The van der Waals surface area contributed by atoms with E-state index < -0.39 is 10.0 Å². The SMILES string of the molecule is COc1ccc(C(C)(C)C)cc1S(N)(=O)=O. The maximum atomic E-state index is 11.4. The Morgan fingerprint density at radius 3 is 2.19 bits per heavy atom. The van der Waals surface area contributed by atoms with Crippen LogP contribution in [0.2, 0.25) is 0 Å². The van der Waals surface area contributed by atoms with Crippen molar-refractivity contribution in [3.8, 4) is 5.75 Å². The fraction of sp³-hybridized carbons (Fsp3) is 0.455. The topological polar surface area (TPSA) is 69.4 Å². The van der Waals surface area contributed by atoms with Gasteiger partial charge in [-0.25, -0.2) is 13.6 Å². The van der Waals surface area contributed by atoms with E-state index in [-0.39, 0.29) is 16.1 Å². The Morgan fingerprint density at radius 1 is 1.25 bits per heavy atom. The molecular weight excluding hydrogens is 226 g/mol. The minimum absolute atomic E-state index is 0.0300. The predicted octanol–water partition coefficient (Wildman–Crippen LogP) is 1.64. The standard InChI is InChI=1S/C11H17NO3S/c1-11(2,3)8-5-6-9(15-4)10(7-8)16(12,13)14/h5-7H,1-4H3,(H2,12,13,14). The van der Waals surface area contributed by atoms with Crippen LogP contribution in [-0.2, 0) is 15.4 Å². The molecule has 0 amide bonds. The van der Waals surface area contributed by atoms with E-state index in [4.69, 9.17) is 9.88 Å². The first-order valence-electron chi connectivity index (χ1n) is 4.87. The van der Waals surface area contributed by atoms with Crippen molar-refractivity contribution in [2.24, 2.45) is 5.14 Å². The van der Waals surface area contributed by atoms with E-state index in [0.29, 0.717) is 0 Å². The van der Waals surface area contributed by atoms with Gasteiger partial charge in [-0.3, -0.25) is 0 Å². The highest BCUT2D eigenvalue weighted by Crippen LogP contribution is 2.29. The number of hydrogen-bond acceptors (Lipinski definition) is 3. The molecule has 1 rings (SSSR count). The number of primary sulfonamides is 1. The minimum Gasteiger partial charge on any atom is -0.495 e. The summed E-state index contributed by atoms with van der Waals surface area (Å²) in [6, 6.07) is 5.03. The van der Waals surface area contributed by atoms with Crippen LogP contribution in [0, 0.1) is 0 Å². The molecule has 0 radical (unpaired) electrons. The summed E-state index contributed by atoms with van der Waals surface area (Å²) in [5.41, 5.74) is 0.767. The smallest absolute Gasteiger partial charge is 0.241 e. The van der Waals surface area contributed by atoms with Gasteiger partial charge in [-0.1, -0.05) is 26.8 Å². The molecule has 0 unspecified atom stereocenters. The van der Waals surface area contributed by atoms with Gasteiger partial charge in [0, 0.05) is 0 Å². The van der Waals surface area contributed by atoms with Gasteiger partial charge in [0.2, 0.25) is 10.0 Å². The van der Waals surface area contributed by atoms with Crippen LogP contribution in [0.25, 0.3) is 0 Å². The molecule has 90 valence electrons. The lowest BCUT2D eigenvalue weighted by molar-refractivity contribution is 0.402. The molecular formula is C11H17NO3S. The minimum atomic E-state index is -3.75. The first kappa shape index (κ1) is 13.0. The van der Waals surface area contributed by atoms with Crippen molar-refractivity contribution in [1.82, 2.24) is 0 Å². The van der Waals surface area contributed by atoms with Crippen molar-refractivity contribution in [3.05, 3.63) is 23.8 Å². The summed E-state index contributed by atoms with van der Waals surface area (Å²) in [5, 5.41) is 5.14. The van der Waals surface area contributed by atoms with Gasteiger partial charge < -0.3 is 4.74 Å². The Balaban J connectivity index is 3.46. The van der Waals surface area contributed by atoms with Crippen LogP contribution >= 0.6 is 0 Å². The van der Waals surface area contributed by atoms with Gasteiger partial charge in [-0.05, 0) is 23.1 Å². The zero-order chi connectivity index (χ0) is 12.6. The zero-order valence-electron chi connectivity index (χ0n) is 9.94. The van der Waals surface area contributed by atoms with Crippen LogP contribution in [0.1, 0.15) is 26.3 Å². The van der Waals surface area contributed by atoms with Crippen molar-refractivity contribution in [1.29, 1.82) is 0 Å². The first-order chi connectivity index (χ1) is 7.16. The van der Waals surface area contributed by atoms with Crippen LogP contribution in [0.3, 0.4) is 0 Å². The van der Waals surface area contributed by atoms with Crippen molar-refractivity contribution >= 4 is 10.0 Å². The molecule has 0 bridgehead atoms. The molecule has 1 aromatic rings. The maximum Gasteiger partial charge on any atom is 0.241 e. The van der Waals surface area contributed by atoms with Gasteiger partial charge >= 0.3 is 0 Å². The molecule has 0 aliphatic rings. The molecule has 0 saturated carbocycles. The van der Waals surface area contributed by atoms with Crippen molar-refractivity contribution in [2.45, 2.75) is 31.1 Å². The van der Waals surface area contributed by atoms with E-state index in [1.165, 1.54) is 7.11 Å². The Morgan fingerprint density at radius 2 is 1.81 bits per heavy atom. The van der Waals surface area contributed by atoms with Crippen LogP contribution in [-0.4, -0.2) is 15.5 Å². The number of ether oxygens (including phenoxy) is 1. The number of benzene rings is 1. The van der Waals surface area contributed by atoms with E-state index in [0.717, 1.165) is 5.56 Å². The molecule has 0 atom stereocenters. The second-order valence-electron chi connectivity index (χ2n) is 4.66. The van der Waals surface area contributed by atoms with Gasteiger partial charge in [0.25, 0.3) is 0 Å². The summed E-state index contributed by atoms with van der Waals surface area (Å²) < 4.78 is 27.8. The summed E-state index contributed by atoms with van der Waals surface area (Å²) in [7, 11) is -2.34. The molecule has 0 spiro atoms. The Labute approximate surface area is 96.5 Å². The molecule has 1 aromatic carbocycles. The summed E-state index contributed by atoms with van der Waals surface area (Å²) in [6.07, 6.45) is 0. The summed E-state index contributed by atoms with van der Waals surface area (Å²) >= 11 is 0. The second-order valence-corrected chi connectivity index (χ2v) is 6.19. The monoisotopic (exact) mass is 243 g/mol. The van der Waals surface area contributed by atoms with Gasteiger partial charge in [-0.2, -0.15) is 0 Å². The molecule has 0 aliphatic carbocycles. The zero-order valence-corrected chi connectivity index (χ0v) is 10.8. The number of sulfonamides is 1. The van der Waals surface area contributed by atoms with E-state index >= 15 is 0 Å². The molecule has 0 aliphatic heterocycles. The molecule has 5 heteroatoms. The van der Waals surface area contributed by atoms with Gasteiger partial charge in [0.05, 0.1) is 7.11 Å². The van der Waals surface area contributed by atoms with Crippen LogP contribution < -0.4 is 9.88 Å². The molecule has 16 heavy (non-hydrogen) atoms. The lowest BCUT2D eigenvalue weighted by atomic mass is 9.87. The third-order valence-corrected chi connectivity index (χ3v) is 3.27. The highest BCUT2D eigenvalue weighted by molar-refractivity contribution is 7.89. The molecule has 0 saturated heterocycles. The number of rotatable bonds is 2. The molecule has 0 heterocycles. The molecule has 0 fully saturated rings. The maximum absolute atomic E-state index is 11.4. The van der Waals surface area contributed by atoms with Gasteiger partial charge in [-0.15, -0.1) is 0 Å². The highest BCUT2D eigenvalue weighted by Gasteiger charge is 2.20. The first-order valence-corrected chi connectivity index (χ1v) is 6.42. The number of nitrogens with two attached hydrogens (primary N) is 1. The lowest BCUT2D eigenvalue weighted by Gasteiger charge is -2.20. The largest absolute Gasteiger partial charge is 0.495 e. The average Bonchev–Trinajstić information content (AvgIpc) is 2.14. The normalized spacial score (nSPS) is 12.6. The quantitative estimate of drug-likeness (QED) is 0.858. The average molecular weight is 243 g/mol. The van der Waals surface area contributed by atoms with Crippen molar-refractivity contribution in [2.75, 3.05) is 7.11 Å². The third kappa shape index (κ3) is 2.74. The summed E-state index contributed by atoms with van der Waals surface area (Å²) in [4.78, 5) is 0.0300. The molecule has 4 nitrogen and oxygen atoms in total. The van der Waals surface area contributed by atoms with E-state index in [1.807, 2.05) is 26.8 Å². The fourth-order valence-electron chi connectivity index (χ4n) is 1.37. The van der Waals surface area contributed by atoms with Gasteiger partial charge in [0.1, 0.15) is 10.6 Å². The number of hydrogen-bond donors (Lipinski definition) is 1. The van der Waals surface area contributed by atoms with Crippen LogP contribution in [0.4, 0.5) is 0 Å². The van der Waals surface area contributed by atoms with E-state index in [2.05, 4.69) is 0 Å². The van der Waals surface area contributed by atoms with Gasteiger partial charge in [0.15, 0.2) is 0 Å². The second kappa shape index (κ2) is 4.07. The Hall–Kier alpha value is -1.07. The number of methoxy groups -OCH3 is 1. The Bertz CT molecular complexity index is 486. The van der Waals surface area contributed by atoms with Crippen LogP contribution in [0.5, 0.6) is 5.75 Å². The summed E-state index contributed by atoms with van der Waals surface area (Å²) in [6.45, 7) is 6.01. The van der Waals surface area contributed by atoms with E-state index in [1.54, 1.807) is 12.1 Å². The third-order valence-electron chi connectivity index (χ3n) is 2.34. The fourth-order valence-corrected chi connectivity index (χ4v) is 2.09. The van der Waals surface area contributed by atoms with E-state index in [9.17, 15) is 8.42 Å². The molecule has 0 aromatic heterocycles. The predicted molar refractivity (Wildman–Crippen MR) is 63.1 cm³/mol. The molecule has 2 N–H and O–H groups in total. The van der Waals surface area contributed by atoms with Crippen LogP contribution in [0.15, 0.2) is 23.1 Å². The Kier molecular flexibility index (Phi) is 3.30. The van der Waals surface area contributed by atoms with Crippen molar-refractivity contribution < 1.29 is 13.2 Å². The summed E-state index contributed by atoms with van der Waals surface area (Å²) in [5.74, 6) is 0.274.